The summed E-state index contributed by atoms with van der Waals surface area (Å²) in [6, 6.07) is 0. The van der Waals surface area contributed by atoms with E-state index in [0.717, 1.165) is 37.7 Å². The first kappa shape index (κ1) is 26.5. The number of aliphatic hydroxyl groups is 4. The maximum absolute atomic E-state index is 10.5. The van der Waals surface area contributed by atoms with Gasteiger partial charge in [-0.15, -0.1) is 0 Å². The molecule has 0 spiro atoms. The van der Waals surface area contributed by atoms with E-state index in [1.54, 1.807) is 0 Å². The van der Waals surface area contributed by atoms with Crippen molar-refractivity contribution in [2.75, 3.05) is 13.2 Å². The Balaban J connectivity index is 1.73. The molecule has 7 heteroatoms. The Morgan fingerprint density at radius 2 is 1.94 bits per heavy atom. The lowest BCUT2D eigenvalue weighted by Crippen LogP contribution is -2.56. The van der Waals surface area contributed by atoms with Gasteiger partial charge in [0, 0.05) is 5.41 Å². The Morgan fingerprint density at radius 3 is 2.65 bits per heavy atom. The molecule has 0 aromatic rings. The first-order valence-electron chi connectivity index (χ1n) is 12.5. The lowest BCUT2D eigenvalue weighted by Gasteiger charge is -2.50. The second-order valence-corrected chi connectivity index (χ2v) is 11.7. The molecule has 3 unspecified atom stereocenters. The van der Waals surface area contributed by atoms with Crippen LogP contribution < -0.4 is 0 Å². The van der Waals surface area contributed by atoms with Gasteiger partial charge in [0.2, 0.25) is 0 Å². The normalized spacial score (nSPS) is 41.6. The van der Waals surface area contributed by atoms with E-state index in [1.165, 1.54) is 16.7 Å². The van der Waals surface area contributed by atoms with Gasteiger partial charge in [-0.05, 0) is 70.7 Å². The summed E-state index contributed by atoms with van der Waals surface area (Å²) in [7, 11) is 0. The highest BCUT2D eigenvalue weighted by Gasteiger charge is 2.53. The van der Waals surface area contributed by atoms with Gasteiger partial charge >= 0.3 is 0 Å². The molecule has 4 N–H and O–H groups in total. The Bertz CT molecular complexity index is 894. The van der Waals surface area contributed by atoms with Crippen LogP contribution in [0.1, 0.15) is 59.3 Å². The molecule has 0 radical (unpaired) electrons. The van der Waals surface area contributed by atoms with Crippen LogP contribution in [0, 0.1) is 16.7 Å². The minimum absolute atomic E-state index is 0.0604. The summed E-state index contributed by atoms with van der Waals surface area (Å²) in [5, 5.41) is 40.6. The number of fused-ring (bicyclic) bond motifs is 3. The molecule has 1 saturated carbocycles. The van der Waals surface area contributed by atoms with Crippen molar-refractivity contribution in [3.63, 3.8) is 0 Å². The predicted octanol–water partition coefficient (Wildman–Crippen LogP) is 3.93. The van der Waals surface area contributed by atoms with Crippen LogP contribution in [0.3, 0.4) is 0 Å². The average molecular weight is 587 g/mol. The van der Waals surface area contributed by atoms with Crippen molar-refractivity contribution in [1.29, 1.82) is 0 Å². The third kappa shape index (κ3) is 4.74. The van der Waals surface area contributed by atoms with Crippen molar-refractivity contribution in [1.82, 2.24) is 0 Å². The van der Waals surface area contributed by atoms with Crippen LogP contribution in [0.2, 0.25) is 0 Å². The number of hydrogen-bond donors (Lipinski definition) is 4. The molecule has 34 heavy (non-hydrogen) atoms. The summed E-state index contributed by atoms with van der Waals surface area (Å²) in [5.74, 6) is 0.454. The molecule has 1 aliphatic heterocycles. The van der Waals surface area contributed by atoms with Crippen LogP contribution in [0.25, 0.3) is 0 Å². The quantitative estimate of drug-likeness (QED) is 0.352. The molecule has 0 bridgehead atoms. The second kappa shape index (κ2) is 10.4. The summed E-state index contributed by atoms with van der Waals surface area (Å²) in [6.07, 6.45) is 7.09. The molecule has 0 aromatic carbocycles. The van der Waals surface area contributed by atoms with Crippen molar-refractivity contribution in [2.45, 2.75) is 90.0 Å². The summed E-state index contributed by atoms with van der Waals surface area (Å²) in [6.45, 7) is 6.79. The summed E-state index contributed by atoms with van der Waals surface area (Å²) in [5.41, 5.74) is 4.94. The monoisotopic (exact) mass is 586 g/mol. The van der Waals surface area contributed by atoms with E-state index in [1.807, 2.05) is 6.08 Å². The first-order valence-corrected chi connectivity index (χ1v) is 13.7. The number of halogens is 1. The van der Waals surface area contributed by atoms with Crippen LogP contribution >= 0.6 is 22.6 Å². The van der Waals surface area contributed by atoms with Crippen LogP contribution in [0.15, 0.2) is 44.6 Å². The zero-order chi connectivity index (χ0) is 24.7. The van der Waals surface area contributed by atoms with Crippen molar-refractivity contribution in [3.8, 4) is 0 Å². The number of ether oxygens (including phenoxy) is 2. The third-order valence-electron chi connectivity index (χ3n) is 8.72. The van der Waals surface area contributed by atoms with Crippen LogP contribution in [-0.4, -0.2) is 64.3 Å². The SMILES string of the molecule is CC(C/C=C\I)C1=C2C3=CC=C(CO)C[C@H](O[C@@H]4OCC(O)[C@H](O)[C@H]4O)[C@]3(C)CCC2(C)CC1. The van der Waals surface area contributed by atoms with Gasteiger partial charge in [-0.25, -0.2) is 0 Å². The number of aliphatic hydroxyl groups excluding tert-OH is 4. The molecular weight excluding hydrogens is 547 g/mol. The molecule has 2 fully saturated rings. The molecule has 190 valence electrons. The highest BCUT2D eigenvalue weighted by Crippen LogP contribution is 2.62. The number of hydrogen-bond acceptors (Lipinski definition) is 6. The molecule has 4 aliphatic rings. The zero-order valence-corrected chi connectivity index (χ0v) is 22.6. The van der Waals surface area contributed by atoms with E-state index in [0.29, 0.717) is 12.3 Å². The van der Waals surface area contributed by atoms with E-state index >= 15 is 0 Å². The Hall–Kier alpha value is -0.550. The fourth-order valence-corrected chi connectivity index (χ4v) is 6.65. The van der Waals surface area contributed by atoms with E-state index in [2.05, 4.69) is 59.6 Å². The van der Waals surface area contributed by atoms with Crippen molar-refractivity contribution < 1.29 is 29.9 Å². The fourth-order valence-electron chi connectivity index (χ4n) is 6.36. The maximum Gasteiger partial charge on any atom is 0.186 e. The topological polar surface area (TPSA) is 99.4 Å². The average Bonchev–Trinajstić information content (AvgIpc) is 3.10. The standard InChI is InChI=1S/C27H39IO6/c1-16(5-4-12-28)18-8-9-26(2)10-11-27(3)19(22(18)26)7-6-17(14-29)13-21(27)34-25-24(32)23(31)20(30)15-33-25/h4,6-7,12,16,20-21,23-25,29-32H,5,8-11,13-15H2,1-3H3/b12-4-/t16?,20?,21-,23-,24+,25-,26?,27+/m0/s1. The molecule has 1 heterocycles. The van der Waals surface area contributed by atoms with Gasteiger partial charge in [0.15, 0.2) is 6.29 Å². The van der Waals surface area contributed by atoms with Crippen molar-refractivity contribution in [3.05, 3.63) is 44.6 Å². The van der Waals surface area contributed by atoms with E-state index in [-0.39, 0.29) is 30.1 Å². The van der Waals surface area contributed by atoms with Crippen molar-refractivity contribution in [2.24, 2.45) is 16.7 Å². The van der Waals surface area contributed by atoms with Crippen molar-refractivity contribution >= 4 is 22.6 Å². The van der Waals surface area contributed by atoms with E-state index in [9.17, 15) is 20.4 Å². The third-order valence-corrected chi connectivity index (χ3v) is 9.23. The molecule has 0 amide bonds. The highest BCUT2D eigenvalue weighted by atomic mass is 127. The summed E-state index contributed by atoms with van der Waals surface area (Å²) >= 11 is 2.28. The van der Waals surface area contributed by atoms with Crippen LogP contribution in [0.4, 0.5) is 0 Å². The number of rotatable bonds is 6. The molecule has 6 nitrogen and oxygen atoms in total. The molecular formula is C27H39IO6. The highest BCUT2D eigenvalue weighted by molar-refractivity contribution is 14.1. The first-order chi connectivity index (χ1) is 16.1. The van der Waals surface area contributed by atoms with Gasteiger partial charge in [0.25, 0.3) is 0 Å². The predicted molar refractivity (Wildman–Crippen MR) is 139 cm³/mol. The van der Waals surface area contributed by atoms with E-state index in [4.69, 9.17) is 9.47 Å². The lowest BCUT2D eigenvalue weighted by atomic mass is 9.57. The van der Waals surface area contributed by atoms with Gasteiger partial charge in [0.05, 0.1) is 19.3 Å². The van der Waals surface area contributed by atoms with Gasteiger partial charge in [-0.2, -0.15) is 0 Å². The van der Waals surface area contributed by atoms with E-state index < -0.39 is 24.6 Å². The molecule has 3 aliphatic carbocycles. The van der Waals surface area contributed by atoms with Gasteiger partial charge in [0.1, 0.15) is 18.3 Å². The largest absolute Gasteiger partial charge is 0.392 e. The van der Waals surface area contributed by atoms with Gasteiger partial charge in [-0.1, -0.05) is 67.2 Å². The lowest BCUT2D eigenvalue weighted by molar-refractivity contribution is -0.291. The van der Waals surface area contributed by atoms with Gasteiger partial charge in [-0.3, -0.25) is 0 Å². The minimum Gasteiger partial charge on any atom is -0.392 e. The number of allylic oxidation sites excluding steroid dienone is 5. The Morgan fingerprint density at radius 1 is 1.18 bits per heavy atom. The summed E-state index contributed by atoms with van der Waals surface area (Å²) in [4.78, 5) is 0. The van der Waals surface area contributed by atoms with Crippen LogP contribution in [-0.2, 0) is 9.47 Å². The zero-order valence-electron chi connectivity index (χ0n) is 20.4. The van der Waals surface area contributed by atoms with Crippen LogP contribution in [0.5, 0.6) is 0 Å². The molecule has 4 rings (SSSR count). The Kier molecular flexibility index (Phi) is 8.14. The minimum atomic E-state index is -1.33. The molecule has 8 atom stereocenters. The maximum atomic E-state index is 10.5. The molecule has 0 aromatic heterocycles. The second-order valence-electron chi connectivity index (χ2n) is 11.0. The molecule has 1 saturated heterocycles. The van der Waals surface area contributed by atoms with Gasteiger partial charge < -0.3 is 29.9 Å². The smallest absolute Gasteiger partial charge is 0.186 e. The summed E-state index contributed by atoms with van der Waals surface area (Å²) < 4.78 is 14.1. The fraction of sp³-hybridized carbons (Fsp3) is 0.704. The Labute approximate surface area is 216 Å².